The molecule has 1 aliphatic rings. The highest BCUT2D eigenvalue weighted by Gasteiger charge is 2.28. The summed E-state index contributed by atoms with van der Waals surface area (Å²) >= 11 is 0. The topological polar surface area (TPSA) is 57.4 Å². The smallest absolute Gasteiger partial charge is 0.257 e. The van der Waals surface area contributed by atoms with E-state index in [1.807, 2.05) is 26.0 Å². The summed E-state index contributed by atoms with van der Waals surface area (Å²) in [6.45, 7) is 3.96. The normalized spacial score (nSPS) is 24.0. The molecule has 16 heavy (non-hydrogen) atoms. The quantitative estimate of drug-likeness (QED) is 0.843. The van der Waals surface area contributed by atoms with Crippen LogP contribution < -0.4 is 15.2 Å². The SMILES string of the molecule is CC(C)Oc1cccnc1OC1CC(N)C1. The van der Waals surface area contributed by atoms with Gasteiger partial charge in [0.15, 0.2) is 5.75 Å². The molecule has 0 aromatic carbocycles. The van der Waals surface area contributed by atoms with Gasteiger partial charge in [0.25, 0.3) is 5.88 Å². The number of aromatic nitrogens is 1. The Balaban J connectivity index is 2.01. The average Bonchev–Trinajstić information content (AvgIpc) is 2.17. The van der Waals surface area contributed by atoms with E-state index in [4.69, 9.17) is 15.2 Å². The molecule has 0 spiro atoms. The molecule has 2 N–H and O–H groups in total. The molecule has 1 aromatic rings. The summed E-state index contributed by atoms with van der Waals surface area (Å²) in [4.78, 5) is 4.19. The third-order valence-electron chi connectivity index (χ3n) is 2.51. The van der Waals surface area contributed by atoms with Crippen LogP contribution in [0.1, 0.15) is 26.7 Å². The summed E-state index contributed by atoms with van der Waals surface area (Å²) in [5, 5.41) is 0. The van der Waals surface area contributed by atoms with Crippen LogP contribution in [-0.2, 0) is 0 Å². The molecule has 1 saturated carbocycles. The second-order valence-corrected chi connectivity index (χ2v) is 4.44. The van der Waals surface area contributed by atoms with Crippen molar-refractivity contribution in [2.45, 2.75) is 44.9 Å². The molecule has 0 unspecified atom stereocenters. The average molecular weight is 222 g/mol. The first-order valence-corrected chi connectivity index (χ1v) is 5.69. The second-order valence-electron chi connectivity index (χ2n) is 4.44. The molecule has 2 rings (SSSR count). The summed E-state index contributed by atoms with van der Waals surface area (Å²) in [6.07, 6.45) is 3.82. The molecule has 1 fully saturated rings. The van der Waals surface area contributed by atoms with Crippen LogP contribution in [0.3, 0.4) is 0 Å². The lowest BCUT2D eigenvalue weighted by Crippen LogP contribution is -2.43. The fourth-order valence-electron chi connectivity index (χ4n) is 1.67. The zero-order valence-corrected chi connectivity index (χ0v) is 9.72. The molecule has 1 heterocycles. The second kappa shape index (κ2) is 4.70. The van der Waals surface area contributed by atoms with E-state index in [0.29, 0.717) is 11.6 Å². The molecule has 0 amide bonds. The zero-order valence-electron chi connectivity index (χ0n) is 9.72. The van der Waals surface area contributed by atoms with Gasteiger partial charge in [-0.25, -0.2) is 4.98 Å². The highest BCUT2D eigenvalue weighted by molar-refractivity contribution is 5.33. The van der Waals surface area contributed by atoms with Gasteiger partial charge in [0, 0.05) is 12.2 Å². The van der Waals surface area contributed by atoms with Crippen LogP contribution in [0.2, 0.25) is 0 Å². The van der Waals surface area contributed by atoms with E-state index in [1.54, 1.807) is 6.20 Å². The van der Waals surface area contributed by atoms with E-state index < -0.39 is 0 Å². The Kier molecular flexibility index (Phi) is 3.29. The summed E-state index contributed by atoms with van der Waals surface area (Å²) in [6, 6.07) is 4.00. The Morgan fingerprint density at radius 1 is 1.44 bits per heavy atom. The Morgan fingerprint density at radius 3 is 2.81 bits per heavy atom. The number of rotatable bonds is 4. The van der Waals surface area contributed by atoms with Crippen LogP contribution >= 0.6 is 0 Å². The van der Waals surface area contributed by atoms with Crippen molar-refractivity contribution < 1.29 is 9.47 Å². The van der Waals surface area contributed by atoms with Gasteiger partial charge in [-0.15, -0.1) is 0 Å². The minimum absolute atomic E-state index is 0.121. The summed E-state index contributed by atoms with van der Waals surface area (Å²) in [5.41, 5.74) is 5.71. The maximum absolute atomic E-state index is 5.74. The van der Waals surface area contributed by atoms with Crippen molar-refractivity contribution in [3.8, 4) is 11.6 Å². The Hall–Kier alpha value is -1.29. The van der Waals surface area contributed by atoms with Gasteiger partial charge >= 0.3 is 0 Å². The van der Waals surface area contributed by atoms with E-state index in [9.17, 15) is 0 Å². The molecular formula is C12H18N2O2. The highest BCUT2D eigenvalue weighted by atomic mass is 16.5. The first-order valence-electron chi connectivity index (χ1n) is 5.69. The van der Waals surface area contributed by atoms with Crippen molar-refractivity contribution in [1.29, 1.82) is 0 Å². The van der Waals surface area contributed by atoms with Crippen LogP contribution in [0.15, 0.2) is 18.3 Å². The summed E-state index contributed by atoms with van der Waals surface area (Å²) in [7, 11) is 0. The molecule has 88 valence electrons. The number of nitrogens with zero attached hydrogens (tertiary/aromatic N) is 1. The molecule has 4 nitrogen and oxygen atoms in total. The first-order chi connectivity index (χ1) is 7.65. The molecule has 1 aromatic heterocycles. The van der Waals surface area contributed by atoms with Crippen LogP contribution in [0.4, 0.5) is 0 Å². The molecule has 0 radical (unpaired) electrons. The lowest BCUT2D eigenvalue weighted by molar-refractivity contribution is 0.0885. The van der Waals surface area contributed by atoms with Crippen LogP contribution in [0.5, 0.6) is 11.6 Å². The van der Waals surface area contributed by atoms with Crippen LogP contribution in [0.25, 0.3) is 0 Å². The van der Waals surface area contributed by atoms with Gasteiger partial charge in [0.2, 0.25) is 0 Å². The van der Waals surface area contributed by atoms with E-state index in [2.05, 4.69) is 4.98 Å². The van der Waals surface area contributed by atoms with E-state index in [0.717, 1.165) is 12.8 Å². The predicted octanol–water partition coefficient (Wildman–Crippen LogP) is 1.74. The van der Waals surface area contributed by atoms with Crippen molar-refractivity contribution >= 4 is 0 Å². The van der Waals surface area contributed by atoms with Gasteiger partial charge in [-0.3, -0.25) is 0 Å². The lowest BCUT2D eigenvalue weighted by atomic mass is 9.90. The number of pyridine rings is 1. The van der Waals surface area contributed by atoms with Crippen molar-refractivity contribution in [3.63, 3.8) is 0 Å². The minimum atomic E-state index is 0.121. The largest absolute Gasteiger partial charge is 0.485 e. The Bertz CT molecular complexity index is 349. The fourth-order valence-corrected chi connectivity index (χ4v) is 1.67. The Labute approximate surface area is 95.8 Å². The summed E-state index contributed by atoms with van der Waals surface area (Å²) < 4.78 is 11.4. The fraction of sp³-hybridized carbons (Fsp3) is 0.583. The number of hydrogen-bond donors (Lipinski definition) is 1. The first kappa shape index (κ1) is 11.2. The third kappa shape index (κ3) is 2.64. The van der Waals surface area contributed by atoms with Gasteiger partial charge in [0.05, 0.1) is 6.10 Å². The number of hydrogen-bond acceptors (Lipinski definition) is 4. The lowest BCUT2D eigenvalue weighted by Gasteiger charge is -2.32. The van der Waals surface area contributed by atoms with Crippen molar-refractivity contribution in [3.05, 3.63) is 18.3 Å². The zero-order chi connectivity index (χ0) is 11.5. The van der Waals surface area contributed by atoms with Crippen molar-refractivity contribution in [2.24, 2.45) is 5.73 Å². The summed E-state index contributed by atoms with van der Waals surface area (Å²) in [5.74, 6) is 1.28. The number of ether oxygens (including phenoxy) is 2. The van der Waals surface area contributed by atoms with Gasteiger partial charge in [-0.1, -0.05) is 0 Å². The molecular weight excluding hydrogens is 204 g/mol. The van der Waals surface area contributed by atoms with Gasteiger partial charge in [-0.2, -0.15) is 0 Å². The molecule has 0 bridgehead atoms. The third-order valence-corrected chi connectivity index (χ3v) is 2.51. The maximum Gasteiger partial charge on any atom is 0.257 e. The molecule has 0 saturated heterocycles. The van der Waals surface area contributed by atoms with Crippen LogP contribution in [0, 0.1) is 0 Å². The monoisotopic (exact) mass is 222 g/mol. The molecule has 4 heteroatoms. The molecule has 1 aliphatic carbocycles. The Morgan fingerprint density at radius 2 is 2.19 bits per heavy atom. The van der Waals surface area contributed by atoms with E-state index in [1.165, 1.54) is 0 Å². The minimum Gasteiger partial charge on any atom is -0.485 e. The van der Waals surface area contributed by atoms with Crippen molar-refractivity contribution in [2.75, 3.05) is 0 Å². The van der Waals surface area contributed by atoms with Gasteiger partial charge < -0.3 is 15.2 Å². The number of nitrogens with two attached hydrogens (primary N) is 1. The highest BCUT2D eigenvalue weighted by Crippen LogP contribution is 2.30. The predicted molar refractivity (Wildman–Crippen MR) is 61.6 cm³/mol. The van der Waals surface area contributed by atoms with Gasteiger partial charge in [0.1, 0.15) is 6.10 Å². The molecule has 0 atom stereocenters. The standard InChI is InChI=1S/C12H18N2O2/c1-8(2)15-11-4-3-5-14-12(11)16-10-6-9(13)7-10/h3-5,8-10H,6-7,13H2,1-2H3. The molecule has 0 aliphatic heterocycles. The van der Waals surface area contributed by atoms with Crippen molar-refractivity contribution in [1.82, 2.24) is 4.98 Å². The van der Waals surface area contributed by atoms with E-state index >= 15 is 0 Å². The van der Waals surface area contributed by atoms with Crippen LogP contribution in [-0.4, -0.2) is 23.2 Å². The van der Waals surface area contributed by atoms with Gasteiger partial charge in [-0.05, 0) is 38.8 Å². The maximum atomic E-state index is 5.74. The van der Waals surface area contributed by atoms with E-state index in [-0.39, 0.29) is 18.2 Å².